The molecule has 0 aliphatic rings. The Morgan fingerprint density at radius 2 is 2.03 bits per heavy atom. The first kappa shape index (κ1) is 22.0. The van der Waals surface area contributed by atoms with Crippen molar-refractivity contribution >= 4 is 11.6 Å². The molecule has 0 unspecified atom stereocenters. The fourth-order valence-corrected chi connectivity index (χ4v) is 3.32. The summed E-state index contributed by atoms with van der Waals surface area (Å²) in [6.07, 6.45) is 6.55. The minimum absolute atomic E-state index is 0.200. The zero-order valence-corrected chi connectivity index (χ0v) is 18.3. The van der Waals surface area contributed by atoms with Crippen LogP contribution in [0.4, 0.5) is 5.69 Å². The standard InChI is InChI=1S/C23H24N8O2/c1-31-21(29-30-22(31)19-8-10-25-15-27-19)13-26-18-7-3-5-16(11-18)23(32)28-20(14-33-2)17-6-4-9-24-12-17/h3-12,15,20,26H,13-14H2,1-2H3,(H,28,32)/t20-/m0/s1. The number of amides is 1. The third kappa shape index (κ3) is 5.36. The van der Waals surface area contributed by atoms with E-state index in [4.69, 9.17) is 4.74 Å². The molecule has 1 amide bonds. The number of nitrogens with one attached hydrogen (secondary N) is 2. The first-order chi connectivity index (χ1) is 16.2. The summed E-state index contributed by atoms with van der Waals surface area (Å²) in [5.41, 5.74) is 2.90. The highest BCUT2D eigenvalue weighted by Gasteiger charge is 2.17. The van der Waals surface area contributed by atoms with E-state index in [9.17, 15) is 4.79 Å². The molecular weight excluding hydrogens is 420 g/mol. The number of aromatic nitrogens is 6. The molecule has 1 aromatic carbocycles. The number of ether oxygens (including phenoxy) is 1. The second kappa shape index (κ2) is 10.4. The quantitative estimate of drug-likeness (QED) is 0.404. The minimum atomic E-state index is -0.299. The highest BCUT2D eigenvalue weighted by atomic mass is 16.5. The van der Waals surface area contributed by atoms with Crippen LogP contribution in [0.3, 0.4) is 0 Å². The Bertz CT molecular complexity index is 1200. The van der Waals surface area contributed by atoms with E-state index in [1.807, 2.05) is 35.9 Å². The maximum absolute atomic E-state index is 12.9. The second-order valence-corrected chi connectivity index (χ2v) is 7.30. The van der Waals surface area contributed by atoms with Crippen molar-refractivity contribution in [3.05, 3.63) is 84.3 Å². The maximum Gasteiger partial charge on any atom is 0.251 e. The third-order valence-electron chi connectivity index (χ3n) is 5.08. The van der Waals surface area contributed by atoms with Gasteiger partial charge in [0, 0.05) is 44.0 Å². The molecule has 0 radical (unpaired) electrons. The van der Waals surface area contributed by atoms with Crippen molar-refractivity contribution in [3.63, 3.8) is 0 Å². The van der Waals surface area contributed by atoms with E-state index in [-0.39, 0.29) is 11.9 Å². The fourth-order valence-electron chi connectivity index (χ4n) is 3.32. The van der Waals surface area contributed by atoms with Crippen LogP contribution in [0.15, 0.2) is 67.4 Å². The normalized spacial score (nSPS) is 11.7. The molecule has 0 fully saturated rings. The van der Waals surface area contributed by atoms with Crippen molar-refractivity contribution in [1.82, 2.24) is 35.0 Å². The number of methoxy groups -OCH3 is 1. The molecule has 4 rings (SSSR count). The van der Waals surface area contributed by atoms with Crippen LogP contribution in [-0.2, 0) is 18.3 Å². The summed E-state index contributed by atoms with van der Waals surface area (Å²) in [7, 11) is 3.48. The molecule has 0 bridgehead atoms. The Kier molecular flexibility index (Phi) is 6.96. The Labute approximate surface area is 191 Å². The number of benzene rings is 1. The van der Waals surface area contributed by atoms with E-state index in [1.165, 1.54) is 6.33 Å². The van der Waals surface area contributed by atoms with Gasteiger partial charge in [-0.25, -0.2) is 9.97 Å². The lowest BCUT2D eigenvalue weighted by Crippen LogP contribution is -2.31. The van der Waals surface area contributed by atoms with Crippen LogP contribution < -0.4 is 10.6 Å². The molecule has 3 aromatic heterocycles. The predicted octanol–water partition coefficient (Wildman–Crippen LogP) is 2.40. The van der Waals surface area contributed by atoms with E-state index < -0.39 is 0 Å². The third-order valence-corrected chi connectivity index (χ3v) is 5.08. The fraction of sp³-hybridized carbons (Fsp3) is 0.217. The molecule has 168 valence electrons. The van der Waals surface area contributed by atoms with Crippen molar-refractivity contribution in [1.29, 1.82) is 0 Å². The van der Waals surface area contributed by atoms with Gasteiger partial charge in [-0.3, -0.25) is 9.78 Å². The van der Waals surface area contributed by atoms with E-state index in [0.717, 1.165) is 17.1 Å². The average molecular weight is 444 g/mol. The van der Waals surface area contributed by atoms with Gasteiger partial charge >= 0.3 is 0 Å². The summed E-state index contributed by atoms with van der Waals surface area (Å²) in [6, 6.07) is 12.5. The van der Waals surface area contributed by atoms with Crippen molar-refractivity contribution in [3.8, 4) is 11.5 Å². The number of anilines is 1. The zero-order chi connectivity index (χ0) is 23.0. The summed E-state index contributed by atoms with van der Waals surface area (Å²) in [5, 5.41) is 14.8. The van der Waals surface area contributed by atoms with Crippen molar-refractivity contribution in [2.75, 3.05) is 19.0 Å². The van der Waals surface area contributed by atoms with Crippen LogP contribution in [0.2, 0.25) is 0 Å². The molecule has 10 heteroatoms. The first-order valence-electron chi connectivity index (χ1n) is 10.3. The first-order valence-corrected chi connectivity index (χ1v) is 10.3. The summed E-state index contributed by atoms with van der Waals surface area (Å²) in [6.45, 7) is 0.776. The number of nitrogens with zero attached hydrogens (tertiary/aromatic N) is 6. The van der Waals surface area contributed by atoms with Gasteiger partial charge < -0.3 is 19.9 Å². The van der Waals surface area contributed by atoms with Gasteiger partial charge in [-0.1, -0.05) is 12.1 Å². The summed E-state index contributed by atoms with van der Waals surface area (Å²) >= 11 is 0. The molecule has 0 saturated carbocycles. The van der Waals surface area contributed by atoms with E-state index in [0.29, 0.717) is 30.2 Å². The predicted molar refractivity (Wildman–Crippen MR) is 122 cm³/mol. The topological polar surface area (TPSA) is 120 Å². The molecule has 0 aliphatic carbocycles. The molecule has 0 saturated heterocycles. The number of carbonyl (C=O) groups excluding carboxylic acids is 1. The van der Waals surface area contributed by atoms with Crippen LogP contribution >= 0.6 is 0 Å². The molecule has 0 spiro atoms. The number of rotatable bonds is 9. The van der Waals surface area contributed by atoms with E-state index in [1.54, 1.807) is 43.9 Å². The minimum Gasteiger partial charge on any atom is -0.382 e. The van der Waals surface area contributed by atoms with Gasteiger partial charge in [-0.2, -0.15) is 0 Å². The lowest BCUT2D eigenvalue weighted by atomic mass is 10.1. The molecule has 2 N–H and O–H groups in total. The van der Waals surface area contributed by atoms with Crippen molar-refractivity contribution in [2.24, 2.45) is 7.05 Å². The Balaban J connectivity index is 1.43. The largest absolute Gasteiger partial charge is 0.382 e. The Morgan fingerprint density at radius 3 is 2.79 bits per heavy atom. The van der Waals surface area contributed by atoms with Crippen LogP contribution in [0.25, 0.3) is 11.5 Å². The average Bonchev–Trinajstić information content (AvgIpc) is 3.23. The SMILES string of the molecule is COC[C@H](NC(=O)c1cccc(NCc2nnc(-c3ccncn3)n2C)c1)c1cccnc1. The van der Waals surface area contributed by atoms with Gasteiger partial charge in [0.25, 0.3) is 5.91 Å². The van der Waals surface area contributed by atoms with Crippen molar-refractivity contribution < 1.29 is 9.53 Å². The summed E-state index contributed by atoms with van der Waals surface area (Å²) < 4.78 is 7.14. The second-order valence-electron chi connectivity index (χ2n) is 7.30. The van der Waals surface area contributed by atoms with Crippen LogP contribution in [0.1, 0.15) is 27.8 Å². The smallest absolute Gasteiger partial charge is 0.251 e. The van der Waals surface area contributed by atoms with E-state index in [2.05, 4.69) is 35.8 Å². The highest BCUT2D eigenvalue weighted by Crippen LogP contribution is 2.17. The van der Waals surface area contributed by atoms with Crippen LogP contribution in [-0.4, -0.2) is 49.3 Å². The zero-order valence-electron chi connectivity index (χ0n) is 18.3. The molecule has 1 atom stereocenters. The number of carbonyl (C=O) groups is 1. The van der Waals surface area contributed by atoms with Crippen LogP contribution in [0.5, 0.6) is 0 Å². The molecule has 4 aromatic rings. The van der Waals surface area contributed by atoms with Gasteiger partial charge in [0.05, 0.1) is 19.2 Å². The number of pyridine rings is 1. The highest BCUT2D eigenvalue weighted by molar-refractivity contribution is 5.95. The maximum atomic E-state index is 12.9. The molecule has 0 aliphatic heterocycles. The van der Waals surface area contributed by atoms with Gasteiger partial charge in [0.1, 0.15) is 12.0 Å². The molecule has 10 nitrogen and oxygen atoms in total. The van der Waals surface area contributed by atoms with Gasteiger partial charge in [0.2, 0.25) is 0 Å². The summed E-state index contributed by atoms with van der Waals surface area (Å²) in [4.78, 5) is 25.2. The van der Waals surface area contributed by atoms with Crippen LogP contribution in [0, 0.1) is 0 Å². The van der Waals surface area contributed by atoms with Crippen molar-refractivity contribution in [2.45, 2.75) is 12.6 Å². The molecule has 33 heavy (non-hydrogen) atoms. The monoisotopic (exact) mass is 444 g/mol. The number of hydrogen-bond acceptors (Lipinski definition) is 8. The lowest BCUT2D eigenvalue weighted by molar-refractivity contribution is 0.0896. The number of hydrogen-bond donors (Lipinski definition) is 2. The lowest BCUT2D eigenvalue weighted by Gasteiger charge is -2.18. The van der Waals surface area contributed by atoms with Gasteiger partial charge in [0.15, 0.2) is 11.6 Å². The van der Waals surface area contributed by atoms with E-state index >= 15 is 0 Å². The van der Waals surface area contributed by atoms with Gasteiger partial charge in [-0.15, -0.1) is 10.2 Å². The molecule has 3 heterocycles. The van der Waals surface area contributed by atoms with Gasteiger partial charge in [-0.05, 0) is 35.9 Å². The Morgan fingerprint density at radius 1 is 1.12 bits per heavy atom. The Hall–Kier alpha value is -4.18. The summed E-state index contributed by atoms with van der Waals surface area (Å²) in [5.74, 6) is 1.19. The molecular formula is C23H24N8O2.